The molecule has 0 atom stereocenters. The van der Waals surface area contributed by atoms with Gasteiger partial charge < -0.3 is 5.32 Å². The molecule has 4 heteroatoms. The molecule has 0 saturated heterocycles. The second-order valence-corrected chi connectivity index (χ2v) is 3.23. The van der Waals surface area contributed by atoms with Crippen LogP contribution in [-0.2, 0) is 0 Å². The van der Waals surface area contributed by atoms with Gasteiger partial charge in [-0.3, -0.25) is 4.98 Å². The van der Waals surface area contributed by atoms with Crippen molar-refractivity contribution in [3.63, 3.8) is 0 Å². The largest absolute Gasteiger partial charge is 0.346 e. The molecule has 15 heavy (non-hydrogen) atoms. The maximum atomic E-state index is 11.0. The number of nitrogens with one attached hydrogen (secondary N) is 2. The fourth-order valence-electron chi connectivity index (χ4n) is 1.30. The monoisotopic (exact) mass is 201 g/mol. The Morgan fingerprint density at radius 3 is 2.80 bits per heavy atom. The molecule has 0 saturated carbocycles. The van der Waals surface area contributed by atoms with Crippen molar-refractivity contribution in [2.75, 3.05) is 5.32 Å². The van der Waals surface area contributed by atoms with Gasteiger partial charge in [-0.05, 0) is 24.6 Å². The molecule has 1 aromatic carbocycles. The van der Waals surface area contributed by atoms with E-state index in [1.165, 1.54) is 6.20 Å². The minimum Gasteiger partial charge on any atom is -0.341 e. The zero-order valence-corrected chi connectivity index (χ0v) is 8.32. The van der Waals surface area contributed by atoms with Gasteiger partial charge in [-0.25, -0.2) is 9.78 Å². The minimum atomic E-state index is -0.353. The van der Waals surface area contributed by atoms with Crippen molar-refractivity contribution in [3.8, 4) is 0 Å². The standard InChI is InChI=1S/C11H11N3O/c1-8-4-2-3-5-9(8)13-10-6-7-12-11(15)14-10/h2-7H,1H3,(H2,12,13,14,15). The van der Waals surface area contributed by atoms with Crippen molar-refractivity contribution in [2.45, 2.75) is 6.92 Å². The van der Waals surface area contributed by atoms with Crippen LogP contribution >= 0.6 is 0 Å². The number of anilines is 2. The highest BCUT2D eigenvalue weighted by Crippen LogP contribution is 2.16. The Hall–Kier alpha value is -2.10. The van der Waals surface area contributed by atoms with Crippen LogP contribution in [0.3, 0.4) is 0 Å². The van der Waals surface area contributed by atoms with Gasteiger partial charge in [0.25, 0.3) is 0 Å². The van der Waals surface area contributed by atoms with E-state index in [0.717, 1.165) is 11.3 Å². The van der Waals surface area contributed by atoms with E-state index in [1.807, 2.05) is 31.2 Å². The molecule has 2 rings (SSSR count). The van der Waals surface area contributed by atoms with Crippen LogP contribution in [0.2, 0.25) is 0 Å². The number of aromatic amines is 1. The van der Waals surface area contributed by atoms with Crippen LogP contribution < -0.4 is 11.0 Å². The summed E-state index contributed by atoms with van der Waals surface area (Å²) in [4.78, 5) is 17.1. The van der Waals surface area contributed by atoms with Gasteiger partial charge in [0.2, 0.25) is 0 Å². The maximum Gasteiger partial charge on any atom is 0.346 e. The predicted octanol–water partition coefficient (Wildman–Crippen LogP) is 1.82. The van der Waals surface area contributed by atoms with Gasteiger partial charge >= 0.3 is 5.69 Å². The molecule has 0 bridgehead atoms. The lowest BCUT2D eigenvalue weighted by Crippen LogP contribution is -2.10. The van der Waals surface area contributed by atoms with Crippen LogP contribution in [0.1, 0.15) is 5.56 Å². The van der Waals surface area contributed by atoms with E-state index >= 15 is 0 Å². The summed E-state index contributed by atoms with van der Waals surface area (Å²) >= 11 is 0. The van der Waals surface area contributed by atoms with Crippen LogP contribution in [0.4, 0.5) is 11.5 Å². The van der Waals surface area contributed by atoms with Crippen molar-refractivity contribution >= 4 is 11.5 Å². The molecular formula is C11H11N3O. The third-order valence-corrected chi connectivity index (χ3v) is 2.09. The zero-order chi connectivity index (χ0) is 10.7. The Bertz CT molecular complexity index is 519. The Morgan fingerprint density at radius 1 is 1.27 bits per heavy atom. The summed E-state index contributed by atoms with van der Waals surface area (Å²) in [6, 6.07) is 9.58. The smallest absolute Gasteiger partial charge is 0.341 e. The molecule has 0 unspecified atom stereocenters. The quantitative estimate of drug-likeness (QED) is 0.779. The molecule has 4 nitrogen and oxygen atoms in total. The molecule has 0 aliphatic rings. The fourth-order valence-corrected chi connectivity index (χ4v) is 1.30. The van der Waals surface area contributed by atoms with Crippen LogP contribution in [0.15, 0.2) is 41.3 Å². The Morgan fingerprint density at radius 2 is 2.07 bits per heavy atom. The summed E-state index contributed by atoms with van der Waals surface area (Å²) in [5, 5.41) is 3.12. The summed E-state index contributed by atoms with van der Waals surface area (Å²) in [5.74, 6) is 0.643. The first-order valence-corrected chi connectivity index (χ1v) is 4.64. The predicted molar refractivity (Wildman–Crippen MR) is 59.3 cm³/mol. The average molecular weight is 201 g/mol. The molecule has 1 heterocycles. The number of rotatable bonds is 2. The van der Waals surface area contributed by atoms with Gasteiger partial charge in [0, 0.05) is 11.9 Å². The Balaban J connectivity index is 2.30. The Labute approximate surface area is 87.0 Å². The van der Waals surface area contributed by atoms with Crippen molar-refractivity contribution in [1.82, 2.24) is 9.97 Å². The SMILES string of the molecule is Cc1ccccc1Nc1ccnc(=O)[nH]1. The third-order valence-electron chi connectivity index (χ3n) is 2.09. The minimum absolute atomic E-state index is 0.353. The molecule has 0 aliphatic carbocycles. The van der Waals surface area contributed by atoms with E-state index in [2.05, 4.69) is 15.3 Å². The van der Waals surface area contributed by atoms with Gasteiger partial charge in [-0.1, -0.05) is 18.2 Å². The second-order valence-electron chi connectivity index (χ2n) is 3.23. The van der Waals surface area contributed by atoms with Crippen molar-refractivity contribution in [3.05, 3.63) is 52.6 Å². The van der Waals surface area contributed by atoms with E-state index in [4.69, 9.17) is 0 Å². The number of hydrogen-bond donors (Lipinski definition) is 2. The first-order valence-electron chi connectivity index (χ1n) is 4.64. The molecule has 2 N–H and O–H groups in total. The summed E-state index contributed by atoms with van der Waals surface area (Å²) in [6.45, 7) is 2.00. The third kappa shape index (κ3) is 2.22. The van der Waals surface area contributed by atoms with Crippen molar-refractivity contribution in [2.24, 2.45) is 0 Å². The highest BCUT2D eigenvalue weighted by Gasteiger charge is 1.97. The van der Waals surface area contributed by atoms with Crippen molar-refractivity contribution in [1.29, 1.82) is 0 Å². The second kappa shape index (κ2) is 3.96. The van der Waals surface area contributed by atoms with Crippen LogP contribution in [-0.4, -0.2) is 9.97 Å². The van der Waals surface area contributed by atoms with E-state index in [1.54, 1.807) is 6.07 Å². The number of aryl methyl sites for hydroxylation is 1. The molecule has 0 fully saturated rings. The molecule has 2 aromatic rings. The highest BCUT2D eigenvalue weighted by atomic mass is 16.1. The van der Waals surface area contributed by atoms with Gasteiger partial charge in [0.1, 0.15) is 5.82 Å². The van der Waals surface area contributed by atoms with Crippen LogP contribution in [0, 0.1) is 6.92 Å². The maximum absolute atomic E-state index is 11.0. The molecule has 1 aromatic heterocycles. The van der Waals surface area contributed by atoms with Gasteiger partial charge in [-0.2, -0.15) is 0 Å². The van der Waals surface area contributed by atoms with Crippen molar-refractivity contribution < 1.29 is 0 Å². The number of aromatic nitrogens is 2. The van der Waals surface area contributed by atoms with E-state index in [9.17, 15) is 4.79 Å². The normalized spacial score (nSPS) is 9.93. The summed E-state index contributed by atoms with van der Waals surface area (Å²) in [5.41, 5.74) is 1.74. The zero-order valence-electron chi connectivity index (χ0n) is 8.32. The molecule has 0 spiro atoms. The molecule has 0 radical (unpaired) electrons. The molecule has 76 valence electrons. The van der Waals surface area contributed by atoms with Gasteiger partial charge in [-0.15, -0.1) is 0 Å². The van der Waals surface area contributed by atoms with Gasteiger partial charge in [0.15, 0.2) is 0 Å². The van der Waals surface area contributed by atoms with Crippen LogP contribution in [0.5, 0.6) is 0 Å². The number of H-pyrrole nitrogens is 1. The summed E-state index contributed by atoms with van der Waals surface area (Å²) in [6.07, 6.45) is 1.47. The number of para-hydroxylation sites is 1. The fraction of sp³-hybridized carbons (Fsp3) is 0.0909. The van der Waals surface area contributed by atoms with E-state index in [-0.39, 0.29) is 5.69 Å². The first kappa shape index (κ1) is 9.45. The summed E-state index contributed by atoms with van der Waals surface area (Å²) in [7, 11) is 0. The number of hydrogen-bond acceptors (Lipinski definition) is 3. The number of nitrogens with zero attached hydrogens (tertiary/aromatic N) is 1. The van der Waals surface area contributed by atoms with Gasteiger partial charge in [0.05, 0.1) is 0 Å². The lowest BCUT2D eigenvalue weighted by Gasteiger charge is -2.07. The lowest BCUT2D eigenvalue weighted by atomic mass is 10.2. The molecular weight excluding hydrogens is 190 g/mol. The van der Waals surface area contributed by atoms with Crippen LogP contribution in [0.25, 0.3) is 0 Å². The average Bonchev–Trinajstić information content (AvgIpc) is 2.22. The van der Waals surface area contributed by atoms with E-state index in [0.29, 0.717) is 5.82 Å². The molecule has 0 aliphatic heterocycles. The lowest BCUT2D eigenvalue weighted by molar-refractivity contribution is 1.08. The Kier molecular flexibility index (Phi) is 2.49. The number of benzene rings is 1. The summed E-state index contributed by atoms with van der Waals surface area (Å²) < 4.78 is 0. The topological polar surface area (TPSA) is 57.8 Å². The molecule has 0 amide bonds. The first-order chi connectivity index (χ1) is 7.25. The highest BCUT2D eigenvalue weighted by molar-refractivity contribution is 5.59. The van der Waals surface area contributed by atoms with E-state index < -0.39 is 0 Å².